The number of urea groups is 1. The Kier molecular flexibility index (Phi) is 5.82. The van der Waals surface area contributed by atoms with E-state index in [2.05, 4.69) is 11.4 Å². The first-order valence-electron chi connectivity index (χ1n) is 7.83. The fourth-order valence-electron chi connectivity index (χ4n) is 2.54. The lowest BCUT2D eigenvalue weighted by Gasteiger charge is -2.29. The van der Waals surface area contributed by atoms with E-state index in [0.29, 0.717) is 19.5 Å². The van der Waals surface area contributed by atoms with Crippen LogP contribution in [0.4, 0.5) is 4.79 Å². The Balaban J connectivity index is 1.90. The van der Waals surface area contributed by atoms with E-state index in [1.807, 2.05) is 37.3 Å². The summed E-state index contributed by atoms with van der Waals surface area (Å²) in [4.78, 5) is 14.1. The smallest absolute Gasteiger partial charge is 0.317 e. The quantitative estimate of drug-likeness (QED) is 0.897. The molecule has 1 aromatic rings. The molecule has 0 bridgehead atoms. The Labute approximate surface area is 138 Å². The van der Waals surface area contributed by atoms with Gasteiger partial charge in [0, 0.05) is 25.4 Å². The van der Waals surface area contributed by atoms with Crippen molar-refractivity contribution in [3.05, 3.63) is 42.0 Å². The van der Waals surface area contributed by atoms with Crippen LogP contribution in [-0.4, -0.2) is 50.5 Å². The van der Waals surface area contributed by atoms with E-state index in [9.17, 15) is 13.2 Å². The highest BCUT2D eigenvalue weighted by Gasteiger charge is 2.20. The first kappa shape index (κ1) is 17.5. The molecule has 0 fully saturated rings. The zero-order valence-corrected chi connectivity index (χ0v) is 14.5. The molecule has 0 aromatic heterocycles. The highest BCUT2D eigenvalue weighted by Crippen LogP contribution is 2.20. The van der Waals surface area contributed by atoms with Crippen molar-refractivity contribution in [2.24, 2.45) is 0 Å². The van der Waals surface area contributed by atoms with Gasteiger partial charge in [0.15, 0.2) is 0 Å². The summed E-state index contributed by atoms with van der Waals surface area (Å²) >= 11 is 0. The van der Waals surface area contributed by atoms with Crippen molar-refractivity contribution in [2.45, 2.75) is 25.8 Å². The summed E-state index contributed by atoms with van der Waals surface area (Å²) in [5, 5.41) is 2.89. The number of rotatable bonds is 5. The molecule has 0 saturated carbocycles. The molecule has 1 N–H and O–H groups in total. The molecule has 0 saturated heterocycles. The lowest BCUT2D eigenvalue weighted by atomic mass is 10.0. The third-order valence-electron chi connectivity index (χ3n) is 3.87. The lowest BCUT2D eigenvalue weighted by molar-refractivity contribution is 0.200. The molecule has 1 aliphatic rings. The second kappa shape index (κ2) is 7.64. The van der Waals surface area contributed by atoms with E-state index in [4.69, 9.17) is 0 Å². The van der Waals surface area contributed by atoms with Gasteiger partial charge in [-0.05, 0) is 30.9 Å². The summed E-state index contributed by atoms with van der Waals surface area (Å²) < 4.78 is 22.4. The van der Waals surface area contributed by atoms with Crippen LogP contribution in [0, 0.1) is 0 Å². The number of benzene rings is 1. The minimum atomic E-state index is -3.00. The molecule has 1 heterocycles. The first-order valence-corrected chi connectivity index (χ1v) is 9.89. The van der Waals surface area contributed by atoms with Crippen LogP contribution >= 0.6 is 0 Å². The van der Waals surface area contributed by atoms with E-state index in [1.165, 1.54) is 6.26 Å². The maximum atomic E-state index is 12.3. The summed E-state index contributed by atoms with van der Waals surface area (Å²) in [5.74, 6) is 0.0869. The van der Waals surface area contributed by atoms with Crippen LogP contribution in [0.3, 0.4) is 0 Å². The van der Waals surface area contributed by atoms with Crippen LogP contribution in [0.1, 0.15) is 25.3 Å². The van der Waals surface area contributed by atoms with Gasteiger partial charge in [0.1, 0.15) is 9.84 Å². The fourth-order valence-corrected chi connectivity index (χ4v) is 3.33. The van der Waals surface area contributed by atoms with Gasteiger partial charge < -0.3 is 10.2 Å². The van der Waals surface area contributed by atoms with Gasteiger partial charge in [0.05, 0.1) is 5.75 Å². The molecule has 0 radical (unpaired) electrons. The Morgan fingerprint density at radius 2 is 2.00 bits per heavy atom. The Morgan fingerprint density at radius 1 is 1.30 bits per heavy atom. The zero-order chi connectivity index (χ0) is 16.9. The van der Waals surface area contributed by atoms with Gasteiger partial charge >= 0.3 is 6.03 Å². The number of carbonyl (C=O) groups is 1. The van der Waals surface area contributed by atoms with Crippen molar-refractivity contribution in [1.82, 2.24) is 10.2 Å². The van der Waals surface area contributed by atoms with Crippen LogP contribution in [0.15, 0.2) is 36.4 Å². The van der Waals surface area contributed by atoms with Gasteiger partial charge in [-0.2, -0.15) is 0 Å². The van der Waals surface area contributed by atoms with Crippen LogP contribution in [0.5, 0.6) is 0 Å². The molecule has 2 amide bonds. The molecule has 2 rings (SSSR count). The van der Waals surface area contributed by atoms with Gasteiger partial charge in [-0.1, -0.05) is 36.4 Å². The highest BCUT2D eigenvalue weighted by atomic mass is 32.2. The average Bonchev–Trinajstić information content (AvgIpc) is 2.53. The number of sulfone groups is 1. The Morgan fingerprint density at radius 3 is 2.65 bits per heavy atom. The molecule has 0 spiro atoms. The van der Waals surface area contributed by atoms with Gasteiger partial charge in [-0.15, -0.1) is 0 Å². The Hall–Kier alpha value is -1.82. The number of nitrogens with zero attached hydrogens (tertiary/aromatic N) is 1. The molecule has 1 aliphatic heterocycles. The first-order chi connectivity index (χ1) is 10.8. The van der Waals surface area contributed by atoms with E-state index >= 15 is 0 Å². The number of hydrogen-bond donors (Lipinski definition) is 1. The normalized spacial score (nSPS) is 16.6. The average molecular weight is 336 g/mol. The zero-order valence-electron chi connectivity index (χ0n) is 13.7. The minimum Gasteiger partial charge on any atom is -0.335 e. The van der Waals surface area contributed by atoms with Crippen molar-refractivity contribution in [1.29, 1.82) is 0 Å². The van der Waals surface area contributed by atoms with Gasteiger partial charge in [-0.25, -0.2) is 13.2 Å². The molecular weight excluding hydrogens is 312 g/mol. The van der Waals surface area contributed by atoms with Crippen molar-refractivity contribution in [3.8, 4) is 0 Å². The summed E-state index contributed by atoms with van der Waals surface area (Å²) in [5.41, 5.74) is 2.28. The van der Waals surface area contributed by atoms with E-state index in [-0.39, 0.29) is 17.8 Å². The molecular formula is C17H24N2O3S. The third kappa shape index (κ3) is 5.71. The van der Waals surface area contributed by atoms with Gasteiger partial charge in [-0.3, -0.25) is 0 Å². The molecule has 126 valence electrons. The predicted molar refractivity (Wildman–Crippen MR) is 92.9 cm³/mol. The second-order valence-electron chi connectivity index (χ2n) is 6.07. The number of carbonyl (C=O) groups excluding carboxylic acids is 1. The minimum absolute atomic E-state index is 0.0869. The summed E-state index contributed by atoms with van der Waals surface area (Å²) in [6, 6.07) is 9.74. The van der Waals surface area contributed by atoms with Crippen molar-refractivity contribution in [3.63, 3.8) is 0 Å². The SMILES string of the molecule is C[C@@H](CCS(C)(=O)=O)NC(=O)N1CCC=C(c2ccccc2)C1. The van der Waals surface area contributed by atoms with Crippen LogP contribution in [0.2, 0.25) is 0 Å². The van der Waals surface area contributed by atoms with Gasteiger partial charge in [0.25, 0.3) is 0 Å². The summed E-state index contributed by atoms with van der Waals surface area (Å²) in [7, 11) is -3.00. The van der Waals surface area contributed by atoms with Crippen LogP contribution < -0.4 is 5.32 Å². The fraction of sp³-hybridized carbons (Fsp3) is 0.471. The standard InChI is InChI=1S/C17H24N2O3S/c1-14(10-12-23(2,21)22)18-17(20)19-11-6-9-16(13-19)15-7-4-3-5-8-15/h3-5,7-9,14H,6,10-13H2,1-2H3,(H,18,20)/t14-/m0/s1. The largest absolute Gasteiger partial charge is 0.335 e. The van der Waals surface area contributed by atoms with Crippen LogP contribution in [-0.2, 0) is 9.84 Å². The lowest BCUT2D eigenvalue weighted by Crippen LogP contribution is -2.46. The number of hydrogen-bond acceptors (Lipinski definition) is 3. The third-order valence-corrected chi connectivity index (χ3v) is 4.85. The maximum Gasteiger partial charge on any atom is 0.317 e. The number of amides is 2. The number of nitrogens with one attached hydrogen (secondary N) is 1. The molecule has 1 atom stereocenters. The predicted octanol–water partition coefficient (Wildman–Crippen LogP) is 2.31. The topological polar surface area (TPSA) is 66.5 Å². The summed E-state index contributed by atoms with van der Waals surface area (Å²) in [6.07, 6.45) is 4.64. The van der Waals surface area contributed by atoms with Gasteiger partial charge in [0.2, 0.25) is 0 Å². The molecule has 0 unspecified atom stereocenters. The van der Waals surface area contributed by atoms with E-state index in [1.54, 1.807) is 4.90 Å². The summed E-state index contributed by atoms with van der Waals surface area (Å²) in [6.45, 7) is 3.09. The highest BCUT2D eigenvalue weighted by molar-refractivity contribution is 7.90. The molecule has 23 heavy (non-hydrogen) atoms. The second-order valence-corrected chi connectivity index (χ2v) is 8.33. The van der Waals surface area contributed by atoms with Crippen molar-refractivity contribution < 1.29 is 13.2 Å². The molecule has 5 nitrogen and oxygen atoms in total. The Bertz CT molecular complexity index is 668. The maximum absolute atomic E-state index is 12.3. The van der Waals surface area contributed by atoms with E-state index < -0.39 is 9.84 Å². The molecule has 6 heteroatoms. The molecule has 1 aromatic carbocycles. The molecule has 0 aliphatic carbocycles. The van der Waals surface area contributed by atoms with Crippen LogP contribution in [0.25, 0.3) is 5.57 Å². The van der Waals surface area contributed by atoms with E-state index in [0.717, 1.165) is 17.6 Å². The van der Waals surface area contributed by atoms with Crippen molar-refractivity contribution in [2.75, 3.05) is 25.1 Å². The van der Waals surface area contributed by atoms with Crippen molar-refractivity contribution >= 4 is 21.4 Å². The monoisotopic (exact) mass is 336 g/mol.